The summed E-state index contributed by atoms with van der Waals surface area (Å²) in [4.78, 5) is -0.320. The molecule has 0 atom stereocenters. The van der Waals surface area contributed by atoms with Gasteiger partial charge in [0.05, 0.1) is 18.1 Å². The average Bonchev–Trinajstić information content (AvgIpc) is 2.19. The summed E-state index contributed by atoms with van der Waals surface area (Å²) in [5.74, 6) is 0.693. The topological polar surface area (TPSA) is 75.7 Å². The molecular formula is C10H13NaO5S. The van der Waals surface area contributed by atoms with Crippen molar-refractivity contribution in [2.45, 2.75) is 18.7 Å². The van der Waals surface area contributed by atoms with Gasteiger partial charge in [0.2, 0.25) is 0 Å². The first-order valence-electron chi connectivity index (χ1n) is 4.84. The van der Waals surface area contributed by atoms with Gasteiger partial charge >= 0.3 is 29.6 Å². The molecular weight excluding hydrogens is 255 g/mol. The first-order valence-corrected chi connectivity index (χ1v) is 6.25. The second kappa shape index (κ2) is 7.23. The Hall–Kier alpha value is -0.270. The number of hydrogen-bond acceptors (Lipinski definition) is 5. The van der Waals surface area contributed by atoms with Gasteiger partial charge in [0, 0.05) is 6.07 Å². The molecule has 0 spiro atoms. The van der Waals surface area contributed by atoms with Gasteiger partial charge in [0.15, 0.2) is 11.5 Å². The van der Waals surface area contributed by atoms with Gasteiger partial charge in [-0.25, -0.2) is 8.42 Å². The predicted octanol–water partition coefficient (Wildman–Crippen LogP) is -1.61. The molecule has 0 aromatic heterocycles. The summed E-state index contributed by atoms with van der Waals surface area (Å²) in [6.45, 7) is 4.36. The summed E-state index contributed by atoms with van der Waals surface area (Å²) in [7, 11) is -4.46. The zero-order valence-corrected chi connectivity index (χ0v) is 12.9. The predicted molar refractivity (Wildman–Crippen MR) is 56.7 cm³/mol. The minimum Gasteiger partial charge on any atom is -0.744 e. The van der Waals surface area contributed by atoms with Crippen molar-refractivity contribution in [1.82, 2.24) is 0 Å². The van der Waals surface area contributed by atoms with E-state index >= 15 is 0 Å². The van der Waals surface area contributed by atoms with Crippen LogP contribution in [0.2, 0.25) is 0 Å². The Balaban J connectivity index is 0.00000256. The molecule has 0 unspecified atom stereocenters. The van der Waals surface area contributed by atoms with Crippen molar-refractivity contribution in [3.05, 3.63) is 18.2 Å². The number of benzene rings is 1. The molecule has 0 aliphatic heterocycles. The van der Waals surface area contributed by atoms with Crippen LogP contribution in [0.4, 0.5) is 0 Å². The van der Waals surface area contributed by atoms with E-state index < -0.39 is 10.1 Å². The van der Waals surface area contributed by atoms with Crippen LogP contribution < -0.4 is 39.0 Å². The maximum Gasteiger partial charge on any atom is 1.00 e. The molecule has 0 bridgehead atoms. The number of ether oxygens (including phenoxy) is 2. The molecule has 0 fully saturated rings. The van der Waals surface area contributed by atoms with Crippen LogP contribution in [0, 0.1) is 0 Å². The van der Waals surface area contributed by atoms with E-state index in [-0.39, 0.29) is 40.2 Å². The minimum absolute atomic E-state index is 0. The molecule has 0 aliphatic carbocycles. The van der Waals surface area contributed by atoms with Gasteiger partial charge in [-0.1, -0.05) is 0 Å². The normalized spacial score (nSPS) is 10.5. The van der Waals surface area contributed by atoms with Crippen molar-refractivity contribution in [1.29, 1.82) is 0 Å². The van der Waals surface area contributed by atoms with E-state index in [1.54, 1.807) is 13.8 Å². The van der Waals surface area contributed by atoms with Crippen LogP contribution >= 0.6 is 0 Å². The van der Waals surface area contributed by atoms with E-state index in [1.165, 1.54) is 18.2 Å². The molecule has 17 heavy (non-hydrogen) atoms. The molecule has 1 rings (SSSR count). The fourth-order valence-corrected chi connectivity index (χ4v) is 1.67. The molecule has 5 nitrogen and oxygen atoms in total. The van der Waals surface area contributed by atoms with Gasteiger partial charge in [-0.2, -0.15) is 0 Å². The first-order chi connectivity index (χ1) is 7.49. The third-order valence-electron chi connectivity index (χ3n) is 1.80. The summed E-state index contributed by atoms with van der Waals surface area (Å²) in [6.07, 6.45) is 0. The maximum atomic E-state index is 10.8. The quantitative estimate of drug-likeness (QED) is 0.474. The number of hydrogen-bond donors (Lipinski definition) is 0. The monoisotopic (exact) mass is 268 g/mol. The van der Waals surface area contributed by atoms with Crippen molar-refractivity contribution in [3.63, 3.8) is 0 Å². The van der Waals surface area contributed by atoms with Crippen LogP contribution in [0.15, 0.2) is 23.1 Å². The Kier molecular flexibility index (Phi) is 7.11. The summed E-state index contributed by atoms with van der Waals surface area (Å²) in [5, 5.41) is 0. The van der Waals surface area contributed by atoms with E-state index in [4.69, 9.17) is 9.47 Å². The van der Waals surface area contributed by atoms with Crippen molar-refractivity contribution in [3.8, 4) is 11.5 Å². The molecule has 0 saturated carbocycles. The van der Waals surface area contributed by atoms with Gasteiger partial charge in [0.25, 0.3) is 0 Å². The van der Waals surface area contributed by atoms with Crippen molar-refractivity contribution in [2.75, 3.05) is 13.2 Å². The van der Waals surface area contributed by atoms with Crippen LogP contribution in [0.5, 0.6) is 11.5 Å². The summed E-state index contributed by atoms with van der Waals surface area (Å²) in [6, 6.07) is 3.80. The number of rotatable bonds is 5. The van der Waals surface area contributed by atoms with Gasteiger partial charge in [-0.3, -0.25) is 0 Å². The minimum atomic E-state index is -4.46. The molecule has 90 valence electrons. The van der Waals surface area contributed by atoms with E-state index in [0.29, 0.717) is 19.0 Å². The molecule has 0 aliphatic rings. The van der Waals surface area contributed by atoms with Crippen LogP contribution in [0.25, 0.3) is 0 Å². The summed E-state index contributed by atoms with van der Waals surface area (Å²) in [5.41, 5.74) is 0. The van der Waals surface area contributed by atoms with Crippen LogP contribution in [-0.4, -0.2) is 26.2 Å². The molecule has 0 amide bonds. The molecule has 0 saturated heterocycles. The van der Waals surface area contributed by atoms with Gasteiger partial charge in [0.1, 0.15) is 10.1 Å². The van der Waals surface area contributed by atoms with Crippen molar-refractivity contribution >= 4 is 10.1 Å². The second-order valence-corrected chi connectivity index (χ2v) is 4.31. The SMILES string of the molecule is CCOc1ccc(S(=O)(=O)[O-])cc1OCC.[Na+]. The molecule has 1 aromatic carbocycles. The second-order valence-electron chi connectivity index (χ2n) is 2.93. The Morgan fingerprint density at radius 1 is 1.12 bits per heavy atom. The zero-order valence-electron chi connectivity index (χ0n) is 10.1. The van der Waals surface area contributed by atoms with E-state index in [1.807, 2.05) is 0 Å². The van der Waals surface area contributed by atoms with E-state index in [9.17, 15) is 13.0 Å². The van der Waals surface area contributed by atoms with Crippen molar-refractivity contribution < 1.29 is 52.0 Å². The van der Waals surface area contributed by atoms with Crippen LogP contribution in [0.3, 0.4) is 0 Å². The molecule has 0 N–H and O–H groups in total. The standard InChI is InChI=1S/C10H14O5S.Na/c1-3-14-9-6-5-8(16(11,12)13)7-10(9)15-4-2;/h5-7H,3-4H2,1-2H3,(H,11,12,13);/q;+1/p-1. The smallest absolute Gasteiger partial charge is 0.744 e. The Bertz CT molecular complexity index is 458. The Morgan fingerprint density at radius 3 is 2.12 bits per heavy atom. The average molecular weight is 268 g/mol. The van der Waals surface area contributed by atoms with Gasteiger partial charge < -0.3 is 14.0 Å². The van der Waals surface area contributed by atoms with E-state index in [2.05, 4.69) is 0 Å². The Labute approximate surface area is 123 Å². The molecule has 0 radical (unpaired) electrons. The molecule has 0 heterocycles. The van der Waals surface area contributed by atoms with Gasteiger partial charge in [-0.15, -0.1) is 0 Å². The fourth-order valence-electron chi connectivity index (χ4n) is 1.19. The third-order valence-corrected chi connectivity index (χ3v) is 2.63. The summed E-state index contributed by atoms with van der Waals surface area (Å²) >= 11 is 0. The zero-order chi connectivity index (χ0) is 12.2. The summed E-state index contributed by atoms with van der Waals surface area (Å²) < 4.78 is 42.9. The van der Waals surface area contributed by atoms with E-state index in [0.717, 1.165) is 0 Å². The molecule has 7 heteroatoms. The Morgan fingerprint density at radius 2 is 1.65 bits per heavy atom. The van der Waals surface area contributed by atoms with Crippen LogP contribution in [-0.2, 0) is 10.1 Å². The fraction of sp³-hybridized carbons (Fsp3) is 0.400. The maximum absolute atomic E-state index is 10.8. The third kappa shape index (κ3) is 4.85. The molecule has 1 aromatic rings. The van der Waals surface area contributed by atoms with Crippen molar-refractivity contribution in [2.24, 2.45) is 0 Å². The van der Waals surface area contributed by atoms with Crippen LogP contribution in [0.1, 0.15) is 13.8 Å². The largest absolute Gasteiger partial charge is 1.00 e. The first kappa shape index (κ1) is 16.7. The van der Waals surface area contributed by atoms with Gasteiger partial charge in [-0.05, 0) is 26.0 Å².